The normalized spacial score (nSPS) is 12.8. The average molecular weight is 290 g/mol. The van der Waals surface area contributed by atoms with Crippen molar-refractivity contribution >= 4 is 11.9 Å². The van der Waals surface area contributed by atoms with E-state index in [1.165, 1.54) is 0 Å². The van der Waals surface area contributed by atoms with Gasteiger partial charge in [-0.05, 0) is 37.6 Å². The van der Waals surface area contributed by atoms with E-state index in [-0.39, 0.29) is 0 Å². The number of hydrogen-bond acceptors (Lipinski definition) is 4. The number of nitrogens with one attached hydrogen (secondary N) is 1. The number of carbonyl (C=O) groups is 2. The van der Waals surface area contributed by atoms with Crippen LogP contribution in [0.25, 0.3) is 0 Å². The highest BCUT2D eigenvalue weighted by Gasteiger charge is 2.23. The zero-order chi connectivity index (χ0) is 15.8. The molecule has 1 aromatic carbocycles. The molecule has 0 aliphatic rings. The van der Waals surface area contributed by atoms with Gasteiger partial charge in [-0.25, -0.2) is 4.79 Å². The highest BCUT2D eigenvalue weighted by atomic mass is 16.5. The first-order valence-corrected chi connectivity index (χ1v) is 6.68. The number of carboxylic acids is 1. The third-order valence-electron chi connectivity index (χ3n) is 2.86. The summed E-state index contributed by atoms with van der Waals surface area (Å²) in [7, 11) is 0. The monoisotopic (exact) mass is 290 g/mol. The molecule has 0 radical (unpaired) electrons. The summed E-state index contributed by atoms with van der Waals surface area (Å²) in [6.07, 6.45) is 0.198. The quantitative estimate of drug-likeness (QED) is 0.796. The van der Waals surface area contributed by atoms with Crippen LogP contribution in [-0.2, 0) is 9.59 Å². The molecule has 6 nitrogen and oxygen atoms in total. The minimum Gasteiger partial charge on any atom is -0.481 e. The van der Waals surface area contributed by atoms with Crippen molar-refractivity contribution in [2.45, 2.75) is 38.8 Å². The predicted molar refractivity (Wildman–Crippen MR) is 75.7 cm³/mol. The second kappa shape index (κ2) is 7.90. The van der Waals surface area contributed by atoms with Gasteiger partial charge < -0.3 is 15.2 Å². The number of nitriles is 1. The van der Waals surface area contributed by atoms with Crippen LogP contribution in [0.2, 0.25) is 0 Å². The van der Waals surface area contributed by atoms with Gasteiger partial charge in [0.05, 0.1) is 11.6 Å². The van der Waals surface area contributed by atoms with Crippen LogP contribution in [0.1, 0.15) is 32.3 Å². The lowest BCUT2D eigenvalue weighted by molar-refractivity contribution is -0.143. The van der Waals surface area contributed by atoms with E-state index >= 15 is 0 Å². The number of carboxylic acid groups (broad SMARTS) is 1. The fraction of sp³-hybridized carbons (Fsp3) is 0.400. The Morgan fingerprint density at radius 1 is 1.38 bits per heavy atom. The highest BCUT2D eigenvalue weighted by Crippen LogP contribution is 2.13. The van der Waals surface area contributed by atoms with E-state index in [0.717, 1.165) is 0 Å². The molecular formula is C15H18N2O4. The van der Waals surface area contributed by atoms with Gasteiger partial charge >= 0.3 is 5.97 Å². The van der Waals surface area contributed by atoms with E-state index in [4.69, 9.17) is 15.1 Å². The second-order valence-electron chi connectivity index (χ2n) is 4.58. The number of ether oxygens (including phenoxy) is 1. The van der Waals surface area contributed by atoms with Crippen molar-refractivity contribution in [2.24, 2.45) is 0 Å². The molecule has 1 unspecified atom stereocenters. The van der Waals surface area contributed by atoms with Crippen LogP contribution < -0.4 is 10.1 Å². The smallest absolute Gasteiger partial charge is 0.326 e. The van der Waals surface area contributed by atoms with Crippen LogP contribution >= 0.6 is 0 Å². The topological polar surface area (TPSA) is 99.4 Å². The maximum Gasteiger partial charge on any atom is 0.326 e. The van der Waals surface area contributed by atoms with E-state index in [0.29, 0.717) is 24.2 Å². The van der Waals surface area contributed by atoms with Gasteiger partial charge in [0.25, 0.3) is 5.91 Å². The maximum atomic E-state index is 11.9. The Bertz CT molecular complexity index is 534. The first-order valence-electron chi connectivity index (χ1n) is 6.68. The summed E-state index contributed by atoms with van der Waals surface area (Å²) in [5.41, 5.74) is 0.494. The Labute approximate surface area is 123 Å². The summed E-state index contributed by atoms with van der Waals surface area (Å²) in [5.74, 6) is -1.10. The molecule has 1 aromatic rings. The van der Waals surface area contributed by atoms with Crippen molar-refractivity contribution in [2.75, 3.05) is 0 Å². The third kappa shape index (κ3) is 5.15. The molecule has 1 rings (SSSR count). The number of rotatable bonds is 7. The summed E-state index contributed by atoms with van der Waals surface area (Å²) in [4.78, 5) is 22.9. The Morgan fingerprint density at radius 2 is 2.00 bits per heavy atom. The molecule has 1 amide bonds. The molecule has 112 valence electrons. The lowest BCUT2D eigenvalue weighted by Crippen LogP contribution is -2.46. The van der Waals surface area contributed by atoms with E-state index in [2.05, 4.69) is 5.32 Å². The second-order valence-corrected chi connectivity index (χ2v) is 4.58. The van der Waals surface area contributed by atoms with Gasteiger partial charge in [0.2, 0.25) is 0 Å². The van der Waals surface area contributed by atoms with Crippen LogP contribution in [0.15, 0.2) is 24.3 Å². The van der Waals surface area contributed by atoms with Crippen molar-refractivity contribution in [3.63, 3.8) is 0 Å². The van der Waals surface area contributed by atoms with Crippen molar-refractivity contribution in [1.82, 2.24) is 5.32 Å². The van der Waals surface area contributed by atoms with Crippen molar-refractivity contribution < 1.29 is 19.4 Å². The zero-order valence-electron chi connectivity index (χ0n) is 12.0. The standard InChI is InChI=1S/C15H18N2O4/c1-3-4-13(15(19)20)17-14(18)10(2)21-12-7-5-11(9-16)6-8-12/h5-8,10,13H,3-4H2,1-2H3,(H,17,18)(H,19,20)/t10?,13-/m1/s1. The van der Waals surface area contributed by atoms with Crippen LogP contribution in [0.5, 0.6) is 5.75 Å². The number of hydrogen-bond donors (Lipinski definition) is 2. The maximum absolute atomic E-state index is 11.9. The van der Waals surface area contributed by atoms with Crippen LogP contribution in [0.4, 0.5) is 0 Å². The van der Waals surface area contributed by atoms with Crippen LogP contribution in [0, 0.1) is 11.3 Å². The molecule has 0 aromatic heterocycles. The van der Waals surface area contributed by atoms with Gasteiger partial charge in [-0.15, -0.1) is 0 Å². The number of carbonyl (C=O) groups excluding carboxylic acids is 1. The summed E-state index contributed by atoms with van der Waals surface area (Å²) >= 11 is 0. The number of amides is 1. The lowest BCUT2D eigenvalue weighted by atomic mass is 10.1. The Hall–Kier alpha value is -2.55. The Balaban J connectivity index is 2.61. The van der Waals surface area contributed by atoms with E-state index < -0.39 is 24.0 Å². The molecule has 0 saturated carbocycles. The van der Waals surface area contributed by atoms with Crippen LogP contribution in [0.3, 0.4) is 0 Å². The molecule has 0 spiro atoms. The van der Waals surface area contributed by atoms with Crippen LogP contribution in [-0.4, -0.2) is 29.1 Å². The largest absolute Gasteiger partial charge is 0.481 e. The molecular weight excluding hydrogens is 272 g/mol. The molecule has 0 bridgehead atoms. The molecule has 6 heteroatoms. The highest BCUT2D eigenvalue weighted by molar-refractivity contribution is 5.86. The number of benzene rings is 1. The SMILES string of the molecule is CCC[C@@H](NC(=O)C(C)Oc1ccc(C#N)cc1)C(=O)O. The molecule has 0 aliphatic carbocycles. The molecule has 0 fully saturated rings. The first-order chi connectivity index (χ1) is 9.97. The Kier molecular flexibility index (Phi) is 6.21. The van der Waals surface area contributed by atoms with E-state index in [1.54, 1.807) is 31.2 Å². The third-order valence-corrected chi connectivity index (χ3v) is 2.86. The zero-order valence-corrected chi connectivity index (χ0v) is 12.0. The summed E-state index contributed by atoms with van der Waals surface area (Å²) in [5, 5.41) is 20.1. The molecule has 0 heterocycles. The first kappa shape index (κ1) is 16.5. The van der Waals surface area contributed by atoms with Gasteiger partial charge in [-0.1, -0.05) is 13.3 Å². The van der Waals surface area contributed by atoms with Gasteiger partial charge in [0, 0.05) is 0 Å². The van der Waals surface area contributed by atoms with Gasteiger partial charge in [0.15, 0.2) is 6.10 Å². The lowest BCUT2D eigenvalue weighted by Gasteiger charge is -2.18. The summed E-state index contributed by atoms with van der Waals surface area (Å²) in [6.45, 7) is 3.39. The molecule has 0 saturated heterocycles. The minimum atomic E-state index is -1.06. The van der Waals surface area contributed by atoms with Gasteiger partial charge in [0.1, 0.15) is 11.8 Å². The molecule has 0 aliphatic heterocycles. The van der Waals surface area contributed by atoms with Crippen molar-refractivity contribution in [3.8, 4) is 11.8 Å². The van der Waals surface area contributed by atoms with E-state index in [9.17, 15) is 9.59 Å². The fourth-order valence-corrected chi connectivity index (χ4v) is 1.70. The average Bonchev–Trinajstić information content (AvgIpc) is 2.47. The predicted octanol–water partition coefficient (Wildman–Crippen LogP) is 1.70. The Morgan fingerprint density at radius 3 is 2.48 bits per heavy atom. The molecule has 21 heavy (non-hydrogen) atoms. The van der Waals surface area contributed by atoms with E-state index in [1.807, 2.05) is 13.0 Å². The summed E-state index contributed by atoms with van der Waals surface area (Å²) in [6, 6.07) is 7.41. The van der Waals surface area contributed by atoms with Crippen molar-refractivity contribution in [3.05, 3.63) is 29.8 Å². The summed E-state index contributed by atoms with van der Waals surface area (Å²) < 4.78 is 5.42. The minimum absolute atomic E-state index is 0.366. The van der Waals surface area contributed by atoms with Crippen molar-refractivity contribution in [1.29, 1.82) is 5.26 Å². The number of nitrogens with zero attached hydrogens (tertiary/aromatic N) is 1. The van der Waals surface area contributed by atoms with Gasteiger partial charge in [-0.2, -0.15) is 5.26 Å². The number of aliphatic carboxylic acids is 1. The molecule has 2 atom stereocenters. The fourth-order valence-electron chi connectivity index (χ4n) is 1.70. The molecule has 2 N–H and O–H groups in total. The van der Waals surface area contributed by atoms with Gasteiger partial charge in [-0.3, -0.25) is 4.79 Å².